The Kier molecular flexibility index (Phi) is 5.08. The fourth-order valence-electron chi connectivity index (χ4n) is 3.77. The van der Waals surface area contributed by atoms with Gasteiger partial charge in [-0.25, -0.2) is 4.79 Å². The van der Waals surface area contributed by atoms with E-state index in [1.54, 1.807) is 6.07 Å². The Balaban J connectivity index is 1.75. The molecule has 0 atom stereocenters. The van der Waals surface area contributed by atoms with Crippen LogP contribution in [-0.4, -0.2) is 11.7 Å². The van der Waals surface area contributed by atoms with Crippen LogP contribution in [0.15, 0.2) is 62.3 Å². The molecule has 4 aromatic rings. The second-order valence-electron chi connectivity index (χ2n) is 7.15. The molecule has 0 spiro atoms. The number of aromatic nitrogens is 1. The molecule has 4 rings (SSSR count). The van der Waals surface area contributed by atoms with Gasteiger partial charge in [0.05, 0.1) is 11.3 Å². The molecule has 8 heteroatoms. The third-order valence-corrected chi connectivity index (χ3v) is 5.16. The predicted octanol–water partition coefficient (Wildman–Crippen LogP) is 6.24. The van der Waals surface area contributed by atoms with Crippen molar-refractivity contribution in [1.82, 2.24) is 5.16 Å². The number of hydrogen-bond donors (Lipinski definition) is 0. The number of benzene rings is 2. The molecule has 0 amide bonds. The van der Waals surface area contributed by atoms with Gasteiger partial charge in [-0.05, 0) is 50.6 Å². The van der Waals surface area contributed by atoms with Crippen LogP contribution in [0.4, 0.5) is 24.5 Å². The van der Waals surface area contributed by atoms with E-state index in [1.807, 2.05) is 49.9 Å². The second kappa shape index (κ2) is 7.61. The minimum absolute atomic E-state index is 0.108. The summed E-state index contributed by atoms with van der Waals surface area (Å²) in [6.45, 7) is 6.20. The Morgan fingerprint density at radius 1 is 1.00 bits per heavy atom. The number of nitrogens with zero attached hydrogens (tertiary/aromatic N) is 2. The topological polar surface area (TPSA) is 59.5 Å². The lowest BCUT2D eigenvalue weighted by molar-refractivity contribution is -0.136. The standard InChI is InChI=1S/C23H19F3N2O3/c1-4-28(16-7-5-15(6-8-16)22-13(2)27-31-14(22)3)17-9-10-18-19(23(24,25)26)12-21(29)30-20(18)11-17/h5-12H,4H2,1-3H3. The third kappa shape index (κ3) is 3.81. The summed E-state index contributed by atoms with van der Waals surface area (Å²) < 4.78 is 50.2. The Morgan fingerprint density at radius 2 is 1.68 bits per heavy atom. The van der Waals surface area contributed by atoms with Gasteiger partial charge in [0.25, 0.3) is 0 Å². The monoisotopic (exact) mass is 428 g/mol. The first-order chi connectivity index (χ1) is 14.7. The van der Waals surface area contributed by atoms with Crippen molar-refractivity contribution in [2.75, 3.05) is 11.4 Å². The van der Waals surface area contributed by atoms with Crippen LogP contribution in [0.3, 0.4) is 0 Å². The Hall–Kier alpha value is -3.55. The summed E-state index contributed by atoms with van der Waals surface area (Å²) in [6, 6.07) is 12.6. The molecular formula is C23H19F3N2O3. The zero-order chi connectivity index (χ0) is 22.3. The van der Waals surface area contributed by atoms with Crippen LogP contribution in [0.2, 0.25) is 0 Å². The van der Waals surface area contributed by atoms with E-state index in [0.717, 1.165) is 28.3 Å². The fraction of sp³-hybridized carbons (Fsp3) is 0.217. The molecule has 0 saturated carbocycles. The number of hydrogen-bond acceptors (Lipinski definition) is 5. The van der Waals surface area contributed by atoms with E-state index in [-0.39, 0.29) is 11.0 Å². The molecule has 0 fully saturated rings. The lowest BCUT2D eigenvalue weighted by Gasteiger charge is -2.24. The van der Waals surface area contributed by atoms with E-state index >= 15 is 0 Å². The Morgan fingerprint density at radius 3 is 2.26 bits per heavy atom. The Labute approximate surface area is 175 Å². The van der Waals surface area contributed by atoms with Crippen molar-refractivity contribution < 1.29 is 22.1 Å². The van der Waals surface area contributed by atoms with Crippen LogP contribution in [0.5, 0.6) is 0 Å². The second-order valence-corrected chi connectivity index (χ2v) is 7.15. The summed E-state index contributed by atoms with van der Waals surface area (Å²) in [5, 5.41) is 3.82. The molecule has 2 aromatic carbocycles. The summed E-state index contributed by atoms with van der Waals surface area (Å²) in [5.41, 5.74) is 1.98. The first kappa shape index (κ1) is 20.7. The average Bonchev–Trinajstić information content (AvgIpc) is 3.06. The largest absolute Gasteiger partial charge is 0.423 e. The van der Waals surface area contributed by atoms with Crippen molar-refractivity contribution in [3.05, 3.63) is 76.0 Å². The maximum absolute atomic E-state index is 13.3. The van der Waals surface area contributed by atoms with E-state index in [2.05, 4.69) is 5.16 Å². The van der Waals surface area contributed by atoms with Crippen molar-refractivity contribution in [1.29, 1.82) is 0 Å². The van der Waals surface area contributed by atoms with Crippen molar-refractivity contribution in [3.8, 4) is 11.1 Å². The normalized spacial score (nSPS) is 11.8. The van der Waals surface area contributed by atoms with E-state index in [1.165, 1.54) is 12.1 Å². The molecule has 2 heterocycles. The van der Waals surface area contributed by atoms with Crippen LogP contribution in [0.25, 0.3) is 22.1 Å². The van der Waals surface area contributed by atoms with Crippen LogP contribution >= 0.6 is 0 Å². The highest BCUT2D eigenvalue weighted by molar-refractivity contribution is 5.85. The average molecular weight is 428 g/mol. The lowest BCUT2D eigenvalue weighted by atomic mass is 10.0. The van der Waals surface area contributed by atoms with E-state index in [9.17, 15) is 18.0 Å². The zero-order valence-electron chi connectivity index (χ0n) is 17.1. The molecule has 5 nitrogen and oxygen atoms in total. The summed E-state index contributed by atoms with van der Waals surface area (Å²) >= 11 is 0. The van der Waals surface area contributed by atoms with Gasteiger partial charge in [0.15, 0.2) is 0 Å². The minimum Gasteiger partial charge on any atom is -0.423 e. The van der Waals surface area contributed by atoms with Gasteiger partial charge in [0, 0.05) is 41.0 Å². The highest BCUT2D eigenvalue weighted by atomic mass is 19.4. The quantitative estimate of drug-likeness (QED) is 0.360. The molecule has 0 saturated heterocycles. The number of halogens is 3. The lowest BCUT2D eigenvalue weighted by Crippen LogP contribution is -2.16. The van der Waals surface area contributed by atoms with Gasteiger partial charge in [-0.3, -0.25) is 0 Å². The van der Waals surface area contributed by atoms with E-state index in [0.29, 0.717) is 18.3 Å². The first-order valence-corrected chi connectivity index (χ1v) is 9.65. The van der Waals surface area contributed by atoms with Gasteiger partial charge in [-0.1, -0.05) is 17.3 Å². The molecule has 0 radical (unpaired) electrons. The van der Waals surface area contributed by atoms with Crippen molar-refractivity contribution in [2.45, 2.75) is 26.9 Å². The summed E-state index contributed by atoms with van der Waals surface area (Å²) in [7, 11) is 0. The van der Waals surface area contributed by atoms with Crippen LogP contribution < -0.4 is 10.5 Å². The van der Waals surface area contributed by atoms with Crippen molar-refractivity contribution in [2.24, 2.45) is 0 Å². The van der Waals surface area contributed by atoms with Gasteiger partial charge >= 0.3 is 11.8 Å². The van der Waals surface area contributed by atoms with Gasteiger partial charge in [0.2, 0.25) is 0 Å². The maximum Gasteiger partial charge on any atom is 0.417 e. The summed E-state index contributed by atoms with van der Waals surface area (Å²) in [4.78, 5) is 13.6. The first-order valence-electron chi connectivity index (χ1n) is 9.65. The van der Waals surface area contributed by atoms with Crippen LogP contribution in [0, 0.1) is 13.8 Å². The minimum atomic E-state index is -4.64. The summed E-state index contributed by atoms with van der Waals surface area (Å²) in [5.74, 6) is 0.725. The molecule has 0 unspecified atom stereocenters. The van der Waals surface area contributed by atoms with Crippen molar-refractivity contribution >= 4 is 22.3 Å². The van der Waals surface area contributed by atoms with Crippen molar-refractivity contribution in [3.63, 3.8) is 0 Å². The predicted molar refractivity (Wildman–Crippen MR) is 112 cm³/mol. The molecule has 160 valence electrons. The number of alkyl halides is 3. The van der Waals surface area contributed by atoms with Crippen LogP contribution in [0.1, 0.15) is 23.9 Å². The molecule has 0 aliphatic heterocycles. The highest BCUT2D eigenvalue weighted by Crippen LogP contribution is 2.36. The molecule has 31 heavy (non-hydrogen) atoms. The maximum atomic E-state index is 13.3. The smallest absolute Gasteiger partial charge is 0.417 e. The number of anilines is 2. The zero-order valence-corrected chi connectivity index (χ0v) is 17.1. The Bertz CT molecular complexity index is 1290. The molecule has 2 aromatic heterocycles. The molecule has 0 aliphatic carbocycles. The highest BCUT2D eigenvalue weighted by Gasteiger charge is 2.34. The number of fused-ring (bicyclic) bond motifs is 1. The van der Waals surface area contributed by atoms with Gasteiger partial charge in [-0.15, -0.1) is 0 Å². The van der Waals surface area contributed by atoms with E-state index in [4.69, 9.17) is 8.94 Å². The summed E-state index contributed by atoms with van der Waals surface area (Å²) in [6.07, 6.45) is -4.64. The molecular weight excluding hydrogens is 409 g/mol. The molecule has 0 aliphatic rings. The molecule has 0 bridgehead atoms. The number of aryl methyl sites for hydroxylation is 2. The van der Waals surface area contributed by atoms with E-state index < -0.39 is 17.4 Å². The molecule has 0 N–H and O–H groups in total. The third-order valence-electron chi connectivity index (χ3n) is 5.16. The fourth-order valence-corrected chi connectivity index (χ4v) is 3.77. The SMILES string of the molecule is CCN(c1ccc(-c2c(C)noc2C)cc1)c1ccc2c(C(F)(F)F)cc(=O)oc2c1. The van der Waals surface area contributed by atoms with Gasteiger partial charge in [-0.2, -0.15) is 13.2 Å². The van der Waals surface area contributed by atoms with Gasteiger partial charge < -0.3 is 13.8 Å². The number of rotatable bonds is 4. The van der Waals surface area contributed by atoms with Crippen LogP contribution in [-0.2, 0) is 6.18 Å². The van der Waals surface area contributed by atoms with Gasteiger partial charge in [0.1, 0.15) is 11.3 Å².